The Labute approximate surface area is 101 Å². The van der Waals surface area contributed by atoms with E-state index in [1.165, 1.54) is 0 Å². The second kappa shape index (κ2) is 5.08. The van der Waals surface area contributed by atoms with Gasteiger partial charge in [-0.2, -0.15) is 5.10 Å². The van der Waals surface area contributed by atoms with Crippen molar-refractivity contribution in [1.29, 1.82) is 0 Å². The second-order valence-electron chi connectivity index (χ2n) is 4.30. The molecule has 2 heterocycles. The van der Waals surface area contributed by atoms with Crippen molar-refractivity contribution in [3.05, 3.63) is 23.0 Å². The SMILES string of the molecule is C[C@@H]1CN(Cc2ccc(Cl)nn2)C[C@H](C)O1. The molecule has 1 fully saturated rings. The van der Waals surface area contributed by atoms with Gasteiger partial charge in [0.15, 0.2) is 5.15 Å². The fraction of sp³-hybridized carbons (Fsp3) is 0.636. The van der Waals surface area contributed by atoms with E-state index in [1.807, 2.05) is 6.07 Å². The van der Waals surface area contributed by atoms with Crippen LogP contribution in [0.2, 0.25) is 5.15 Å². The van der Waals surface area contributed by atoms with Gasteiger partial charge in [-0.15, -0.1) is 5.10 Å². The van der Waals surface area contributed by atoms with Gasteiger partial charge in [0.05, 0.1) is 17.9 Å². The van der Waals surface area contributed by atoms with Crippen molar-refractivity contribution in [1.82, 2.24) is 15.1 Å². The molecule has 1 aliphatic heterocycles. The molecule has 0 spiro atoms. The summed E-state index contributed by atoms with van der Waals surface area (Å²) in [5.41, 5.74) is 0.950. The van der Waals surface area contributed by atoms with Crippen molar-refractivity contribution in [2.75, 3.05) is 13.1 Å². The first-order valence-electron chi connectivity index (χ1n) is 5.49. The van der Waals surface area contributed by atoms with Gasteiger partial charge in [-0.05, 0) is 26.0 Å². The monoisotopic (exact) mass is 241 g/mol. The summed E-state index contributed by atoms with van der Waals surface area (Å²) >= 11 is 5.69. The molecule has 0 bridgehead atoms. The zero-order chi connectivity index (χ0) is 11.5. The Hall–Kier alpha value is -0.710. The largest absolute Gasteiger partial charge is 0.373 e. The highest BCUT2D eigenvalue weighted by Crippen LogP contribution is 2.13. The second-order valence-corrected chi connectivity index (χ2v) is 4.69. The molecule has 1 aliphatic rings. The molecular weight excluding hydrogens is 226 g/mol. The number of nitrogens with zero attached hydrogens (tertiary/aromatic N) is 3. The number of rotatable bonds is 2. The molecule has 4 nitrogen and oxygen atoms in total. The van der Waals surface area contributed by atoms with E-state index in [1.54, 1.807) is 6.07 Å². The van der Waals surface area contributed by atoms with Crippen LogP contribution in [0.5, 0.6) is 0 Å². The number of ether oxygens (including phenoxy) is 1. The standard InChI is InChI=1S/C11H16ClN3O/c1-8-5-15(6-9(2)16-8)7-10-3-4-11(12)14-13-10/h3-4,8-9H,5-7H2,1-2H3/t8-,9+. The third kappa shape index (κ3) is 3.14. The van der Waals surface area contributed by atoms with Crippen molar-refractivity contribution in [2.24, 2.45) is 0 Å². The van der Waals surface area contributed by atoms with Crippen molar-refractivity contribution >= 4 is 11.6 Å². The van der Waals surface area contributed by atoms with E-state index in [0.717, 1.165) is 25.3 Å². The van der Waals surface area contributed by atoms with Gasteiger partial charge in [-0.1, -0.05) is 11.6 Å². The van der Waals surface area contributed by atoms with Gasteiger partial charge in [-0.25, -0.2) is 0 Å². The third-order valence-electron chi connectivity index (χ3n) is 2.57. The zero-order valence-corrected chi connectivity index (χ0v) is 10.3. The van der Waals surface area contributed by atoms with Gasteiger partial charge in [0, 0.05) is 19.6 Å². The van der Waals surface area contributed by atoms with Gasteiger partial charge < -0.3 is 4.74 Å². The molecule has 1 aromatic heterocycles. The van der Waals surface area contributed by atoms with Crippen LogP contribution in [0.1, 0.15) is 19.5 Å². The fourth-order valence-corrected chi connectivity index (χ4v) is 2.17. The molecule has 0 saturated carbocycles. The van der Waals surface area contributed by atoms with Crippen LogP contribution in [0.3, 0.4) is 0 Å². The Balaban J connectivity index is 1.96. The molecule has 0 amide bonds. The lowest BCUT2D eigenvalue weighted by Gasteiger charge is -2.34. The van der Waals surface area contributed by atoms with Crippen LogP contribution in [-0.4, -0.2) is 40.4 Å². The minimum atomic E-state index is 0.281. The molecule has 5 heteroatoms. The number of morpholine rings is 1. The quantitative estimate of drug-likeness (QED) is 0.791. The van der Waals surface area contributed by atoms with Gasteiger partial charge in [0.1, 0.15) is 0 Å². The summed E-state index contributed by atoms with van der Waals surface area (Å²) in [5, 5.41) is 8.34. The zero-order valence-electron chi connectivity index (χ0n) is 9.56. The fourth-order valence-electron chi connectivity index (χ4n) is 2.07. The Morgan fingerprint density at radius 3 is 2.56 bits per heavy atom. The highest BCUT2D eigenvalue weighted by molar-refractivity contribution is 6.29. The lowest BCUT2D eigenvalue weighted by Crippen LogP contribution is -2.44. The number of hydrogen-bond donors (Lipinski definition) is 0. The van der Waals surface area contributed by atoms with E-state index in [9.17, 15) is 0 Å². The van der Waals surface area contributed by atoms with Gasteiger partial charge >= 0.3 is 0 Å². The lowest BCUT2D eigenvalue weighted by molar-refractivity contribution is -0.0708. The summed E-state index contributed by atoms with van der Waals surface area (Å²) < 4.78 is 5.67. The van der Waals surface area contributed by atoms with E-state index in [-0.39, 0.29) is 12.2 Å². The Morgan fingerprint density at radius 2 is 2.00 bits per heavy atom. The smallest absolute Gasteiger partial charge is 0.151 e. The van der Waals surface area contributed by atoms with Crippen LogP contribution in [0.25, 0.3) is 0 Å². The number of hydrogen-bond acceptors (Lipinski definition) is 4. The van der Waals surface area contributed by atoms with Crippen LogP contribution in [0.15, 0.2) is 12.1 Å². The molecule has 0 unspecified atom stereocenters. The molecule has 1 aromatic rings. The highest BCUT2D eigenvalue weighted by Gasteiger charge is 2.22. The van der Waals surface area contributed by atoms with Gasteiger partial charge in [-0.3, -0.25) is 4.90 Å². The number of halogens is 1. The van der Waals surface area contributed by atoms with Crippen LogP contribution in [-0.2, 0) is 11.3 Å². The van der Waals surface area contributed by atoms with Gasteiger partial charge in [0.2, 0.25) is 0 Å². The molecule has 1 saturated heterocycles. The third-order valence-corrected chi connectivity index (χ3v) is 2.77. The predicted octanol–water partition coefficient (Wildman–Crippen LogP) is 1.74. The summed E-state index contributed by atoms with van der Waals surface area (Å²) in [6.07, 6.45) is 0.563. The maximum Gasteiger partial charge on any atom is 0.151 e. The first kappa shape index (κ1) is 11.8. The molecule has 0 radical (unpaired) electrons. The Kier molecular flexibility index (Phi) is 3.74. The van der Waals surface area contributed by atoms with Crippen molar-refractivity contribution in [2.45, 2.75) is 32.6 Å². The van der Waals surface area contributed by atoms with E-state index < -0.39 is 0 Å². The molecule has 0 aromatic carbocycles. The Morgan fingerprint density at radius 1 is 1.31 bits per heavy atom. The van der Waals surface area contributed by atoms with Gasteiger partial charge in [0.25, 0.3) is 0 Å². The first-order chi connectivity index (χ1) is 7.63. The van der Waals surface area contributed by atoms with Crippen LogP contribution in [0.4, 0.5) is 0 Å². The maximum atomic E-state index is 5.69. The molecular formula is C11H16ClN3O. The van der Waals surface area contributed by atoms with Crippen molar-refractivity contribution in [3.8, 4) is 0 Å². The minimum Gasteiger partial charge on any atom is -0.373 e. The molecule has 0 aliphatic carbocycles. The first-order valence-corrected chi connectivity index (χ1v) is 5.87. The number of aromatic nitrogens is 2. The minimum absolute atomic E-state index is 0.281. The lowest BCUT2D eigenvalue weighted by atomic mass is 10.2. The molecule has 2 rings (SSSR count). The average molecular weight is 242 g/mol. The highest BCUT2D eigenvalue weighted by atomic mass is 35.5. The summed E-state index contributed by atoms with van der Waals surface area (Å²) in [7, 11) is 0. The normalized spacial score (nSPS) is 26.9. The molecule has 88 valence electrons. The molecule has 0 N–H and O–H groups in total. The van der Waals surface area contributed by atoms with Crippen LogP contribution in [0, 0.1) is 0 Å². The van der Waals surface area contributed by atoms with E-state index >= 15 is 0 Å². The van der Waals surface area contributed by atoms with Crippen molar-refractivity contribution in [3.63, 3.8) is 0 Å². The van der Waals surface area contributed by atoms with E-state index in [4.69, 9.17) is 16.3 Å². The van der Waals surface area contributed by atoms with E-state index in [0.29, 0.717) is 5.15 Å². The predicted molar refractivity (Wildman–Crippen MR) is 62.3 cm³/mol. The summed E-state index contributed by atoms with van der Waals surface area (Å²) in [5.74, 6) is 0. The molecule has 2 atom stereocenters. The van der Waals surface area contributed by atoms with Crippen LogP contribution < -0.4 is 0 Å². The summed E-state index contributed by atoms with van der Waals surface area (Å²) in [6.45, 7) is 6.87. The van der Waals surface area contributed by atoms with E-state index in [2.05, 4.69) is 28.9 Å². The van der Waals surface area contributed by atoms with Crippen LogP contribution >= 0.6 is 11.6 Å². The topological polar surface area (TPSA) is 38.2 Å². The average Bonchev–Trinajstić information content (AvgIpc) is 2.20. The molecule has 16 heavy (non-hydrogen) atoms. The maximum absolute atomic E-state index is 5.69. The Bertz CT molecular complexity index is 334. The summed E-state index contributed by atoms with van der Waals surface area (Å²) in [6, 6.07) is 3.69. The van der Waals surface area contributed by atoms with Crippen molar-refractivity contribution < 1.29 is 4.74 Å². The summed E-state index contributed by atoms with van der Waals surface area (Å²) in [4.78, 5) is 2.33.